The highest BCUT2D eigenvalue weighted by Gasteiger charge is 2.33. The summed E-state index contributed by atoms with van der Waals surface area (Å²) in [4.78, 5) is 16.9. The molecule has 25 heavy (non-hydrogen) atoms. The van der Waals surface area contributed by atoms with Gasteiger partial charge in [0, 0.05) is 26.1 Å². The van der Waals surface area contributed by atoms with E-state index in [0.29, 0.717) is 6.54 Å². The van der Waals surface area contributed by atoms with Gasteiger partial charge in [0.1, 0.15) is 11.6 Å². The number of carbonyl (C=O) groups is 1. The molecule has 7 heteroatoms. The topological polar surface area (TPSA) is 80.3 Å². The third-order valence-electron chi connectivity index (χ3n) is 5.44. The van der Waals surface area contributed by atoms with Crippen molar-refractivity contribution in [1.82, 2.24) is 24.6 Å². The van der Waals surface area contributed by atoms with Crippen molar-refractivity contribution in [3.05, 3.63) is 11.6 Å². The zero-order valence-electron chi connectivity index (χ0n) is 15.9. The summed E-state index contributed by atoms with van der Waals surface area (Å²) in [6.45, 7) is 8.20. The molecule has 7 nitrogen and oxygen atoms in total. The SMILES string of the molecule is Cn1c(CN2CCCCC2)nnc1C1CCCN(C(=O)C(C)(C)N)C1. The second-order valence-corrected chi connectivity index (χ2v) is 8.18. The molecule has 140 valence electrons. The van der Waals surface area contributed by atoms with Gasteiger partial charge in [0.05, 0.1) is 12.1 Å². The van der Waals surface area contributed by atoms with E-state index in [0.717, 1.165) is 50.7 Å². The third kappa shape index (κ3) is 4.20. The predicted octanol–water partition coefficient (Wildman–Crippen LogP) is 1.24. The van der Waals surface area contributed by atoms with Crippen LogP contribution in [0, 0.1) is 0 Å². The van der Waals surface area contributed by atoms with Gasteiger partial charge in [-0.2, -0.15) is 0 Å². The van der Waals surface area contributed by atoms with Crippen LogP contribution in [0.3, 0.4) is 0 Å². The molecule has 0 spiro atoms. The van der Waals surface area contributed by atoms with Gasteiger partial charge in [-0.15, -0.1) is 10.2 Å². The van der Waals surface area contributed by atoms with Crippen LogP contribution in [0.2, 0.25) is 0 Å². The number of hydrogen-bond acceptors (Lipinski definition) is 5. The number of hydrogen-bond donors (Lipinski definition) is 1. The lowest BCUT2D eigenvalue weighted by Crippen LogP contribution is -2.53. The summed E-state index contributed by atoms with van der Waals surface area (Å²) < 4.78 is 2.14. The molecule has 2 saturated heterocycles. The molecule has 1 aromatic heterocycles. The lowest BCUT2D eigenvalue weighted by atomic mass is 9.95. The summed E-state index contributed by atoms with van der Waals surface area (Å²) in [5.41, 5.74) is 5.18. The van der Waals surface area contributed by atoms with E-state index in [1.165, 1.54) is 19.3 Å². The normalized spacial score (nSPS) is 23.0. The van der Waals surface area contributed by atoms with Gasteiger partial charge in [-0.1, -0.05) is 6.42 Å². The minimum Gasteiger partial charge on any atom is -0.340 e. The van der Waals surface area contributed by atoms with E-state index in [4.69, 9.17) is 5.73 Å². The first-order chi connectivity index (χ1) is 11.9. The number of nitrogens with two attached hydrogens (primary N) is 1. The molecule has 2 aliphatic heterocycles. The van der Waals surface area contributed by atoms with Crippen LogP contribution in [0.4, 0.5) is 0 Å². The molecule has 1 aromatic rings. The summed E-state index contributed by atoms with van der Waals surface area (Å²) in [5.74, 6) is 2.29. The maximum Gasteiger partial charge on any atom is 0.242 e. The number of amides is 1. The summed E-state index contributed by atoms with van der Waals surface area (Å²) in [6.07, 6.45) is 5.92. The minimum absolute atomic E-state index is 0.0212. The Balaban J connectivity index is 1.68. The van der Waals surface area contributed by atoms with Gasteiger partial charge >= 0.3 is 0 Å². The van der Waals surface area contributed by atoms with Crippen molar-refractivity contribution in [2.45, 2.75) is 64.0 Å². The molecule has 3 rings (SSSR count). The zero-order chi connectivity index (χ0) is 18.0. The highest BCUT2D eigenvalue weighted by atomic mass is 16.2. The Labute approximate surface area is 150 Å². The predicted molar refractivity (Wildman–Crippen MR) is 97.0 cm³/mol. The molecule has 2 aliphatic rings. The summed E-state index contributed by atoms with van der Waals surface area (Å²) >= 11 is 0. The lowest BCUT2D eigenvalue weighted by molar-refractivity contribution is -0.137. The first-order valence-corrected chi connectivity index (χ1v) is 9.55. The van der Waals surface area contributed by atoms with Crippen LogP contribution in [0.25, 0.3) is 0 Å². The van der Waals surface area contributed by atoms with E-state index in [2.05, 4.69) is 26.7 Å². The molecule has 0 saturated carbocycles. The molecule has 0 bridgehead atoms. The molecule has 0 aliphatic carbocycles. The van der Waals surface area contributed by atoms with Crippen LogP contribution in [-0.2, 0) is 18.4 Å². The van der Waals surface area contributed by atoms with Crippen molar-refractivity contribution >= 4 is 5.91 Å². The van der Waals surface area contributed by atoms with E-state index in [9.17, 15) is 4.79 Å². The Kier molecular flexibility index (Phi) is 5.43. The highest BCUT2D eigenvalue weighted by molar-refractivity contribution is 5.85. The molecule has 2 N–H and O–H groups in total. The molecular formula is C18H32N6O. The maximum absolute atomic E-state index is 12.5. The van der Waals surface area contributed by atoms with E-state index >= 15 is 0 Å². The average Bonchev–Trinajstić information content (AvgIpc) is 2.95. The average molecular weight is 348 g/mol. The summed E-state index contributed by atoms with van der Waals surface area (Å²) in [6, 6.07) is 0. The van der Waals surface area contributed by atoms with Crippen molar-refractivity contribution < 1.29 is 4.79 Å². The first-order valence-electron chi connectivity index (χ1n) is 9.55. The second-order valence-electron chi connectivity index (χ2n) is 8.18. The summed E-state index contributed by atoms with van der Waals surface area (Å²) in [7, 11) is 2.06. The Bertz CT molecular complexity index is 599. The number of rotatable bonds is 4. The number of piperidine rings is 2. The van der Waals surface area contributed by atoms with Crippen LogP contribution in [0.1, 0.15) is 63.5 Å². The number of likely N-dealkylation sites (tertiary alicyclic amines) is 2. The molecule has 1 unspecified atom stereocenters. The summed E-state index contributed by atoms with van der Waals surface area (Å²) in [5, 5.41) is 8.92. The number of nitrogens with zero attached hydrogens (tertiary/aromatic N) is 5. The van der Waals surface area contributed by atoms with Crippen molar-refractivity contribution in [2.75, 3.05) is 26.2 Å². The van der Waals surface area contributed by atoms with Crippen molar-refractivity contribution in [3.8, 4) is 0 Å². The highest BCUT2D eigenvalue weighted by Crippen LogP contribution is 2.27. The Hall–Kier alpha value is -1.47. The minimum atomic E-state index is -0.818. The van der Waals surface area contributed by atoms with Gasteiger partial charge in [-0.05, 0) is 52.6 Å². The van der Waals surface area contributed by atoms with Gasteiger partial charge in [0.25, 0.3) is 0 Å². The Morgan fingerprint density at radius 1 is 1.16 bits per heavy atom. The fourth-order valence-electron chi connectivity index (χ4n) is 3.97. The van der Waals surface area contributed by atoms with Gasteiger partial charge in [0.2, 0.25) is 5.91 Å². The van der Waals surface area contributed by atoms with Gasteiger partial charge in [-0.25, -0.2) is 0 Å². The quantitative estimate of drug-likeness (QED) is 0.886. The van der Waals surface area contributed by atoms with Crippen molar-refractivity contribution in [1.29, 1.82) is 0 Å². The van der Waals surface area contributed by atoms with Crippen LogP contribution in [0.5, 0.6) is 0 Å². The monoisotopic (exact) mass is 348 g/mol. The van der Waals surface area contributed by atoms with Gasteiger partial charge in [0.15, 0.2) is 0 Å². The van der Waals surface area contributed by atoms with E-state index in [-0.39, 0.29) is 11.8 Å². The molecular weight excluding hydrogens is 316 g/mol. The van der Waals surface area contributed by atoms with Gasteiger partial charge in [-0.3, -0.25) is 9.69 Å². The van der Waals surface area contributed by atoms with Crippen molar-refractivity contribution in [2.24, 2.45) is 12.8 Å². The smallest absolute Gasteiger partial charge is 0.242 e. The third-order valence-corrected chi connectivity index (χ3v) is 5.44. The van der Waals surface area contributed by atoms with Crippen LogP contribution in [-0.4, -0.2) is 62.2 Å². The Morgan fingerprint density at radius 3 is 2.56 bits per heavy atom. The second kappa shape index (κ2) is 7.41. The molecule has 1 amide bonds. The molecule has 0 aromatic carbocycles. The van der Waals surface area contributed by atoms with Crippen LogP contribution in [0.15, 0.2) is 0 Å². The number of aromatic nitrogens is 3. The molecule has 1 atom stereocenters. The van der Waals surface area contributed by atoms with E-state index in [1.54, 1.807) is 13.8 Å². The first kappa shape index (κ1) is 18.3. The van der Waals surface area contributed by atoms with E-state index in [1.807, 2.05) is 4.90 Å². The van der Waals surface area contributed by atoms with Crippen LogP contribution < -0.4 is 5.73 Å². The van der Waals surface area contributed by atoms with Gasteiger partial charge < -0.3 is 15.2 Å². The fraction of sp³-hybridized carbons (Fsp3) is 0.833. The maximum atomic E-state index is 12.5. The van der Waals surface area contributed by atoms with Crippen LogP contribution >= 0.6 is 0 Å². The zero-order valence-corrected chi connectivity index (χ0v) is 15.9. The molecule has 2 fully saturated rings. The number of carbonyl (C=O) groups excluding carboxylic acids is 1. The standard InChI is InChI=1S/C18H32N6O/c1-18(2,19)17(25)24-11-7-8-14(12-24)16-21-20-15(22(16)3)13-23-9-5-4-6-10-23/h14H,4-13,19H2,1-3H3. The lowest BCUT2D eigenvalue weighted by Gasteiger charge is -2.36. The largest absolute Gasteiger partial charge is 0.340 e. The fourth-order valence-corrected chi connectivity index (χ4v) is 3.97. The molecule has 0 radical (unpaired) electrons. The Morgan fingerprint density at radius 2 is 1.88 bits per heavy atom. The van der Waals surface area contributed by atoms with E-state index < -0.39 is 5.54 Å². The van der Waals surface area contributed by atoms with Crippen molar-refractivity contribution in [3.63, 3.8) is 0 Å². The molecule has 3 heterocycles.